The van der Waals surface area contributed by atoms with Crippen LogP contribution in [0.5, 0.6) is 5.75 Å². The van der Waals surface area contributed by atoms with Crippen molar-refractivity contribution in [3.8, 4) is 17.1 Å². The maximum Gasteiger partial charge on any atom is 0.234 e. The number of anilines is 1. The topological polar surface area (TPSA) is 69.0 Å². The number of aromatic nitrogens is 3. The average molecular weight is 491 g/mol. The van der Waals surface area contributed by atoms with Gasteiger partial charge >= 0.3 is 0 Å². The second-order valence-corrected chi connectivity index (χ2v) is 8.62. The van der Waals surface area contributed by atoms with Crippen molar-refractivity contribution in [1.82, 2.24) is 14.8 Å². The van der Waals surface area contributed by atoms with E-state index in [1.54, 1.807) is 24.3 Å². The van der Waals surface area contributed by atoms with Gasteiger partial charge in [-0.3, -0.25) is 9.36 Å². The van der Waals surface area contributed by atoms with E-state index in [4.69, 9.17) is 27.9 Å². The molecule has 1 amide bonds. The molecule has 0 aliphatic carbocycles. The Morgan fingerprint density at radius 2 is 1.91 bits per heavy atom. The fourth-order valence-corrected chi connectivity index (χ4v) is 4.10. The third-order valence-corrected chi connectivity index (χ3v) is 6.06. The number of carbonyl (C=O) groups is 1. The molecule has 6 nitrogen and oxygen atoms in total. The Hall–Kier alpha value is -2.48. The zero-order chi connectivity index (χ0) is 22.9. The summed E-state index contributed by atoms with van der Waals surface area (Å²) in [5.41, 5.74) is 1.30. The van der Waals surface area contributed by atoms with Gasteiger partial charge < -0.3 is 10.1 Å². The molecule has 0 atom stereocenters. The first kappa shape index (κ1) is 24.2. The molecule has 2 aromatic carbocycles. The van der Waals surface area contributed by atoms with Gasteiger partial charge in [-0.15, -0.1) is 16.8 Å². The van der Waals surface area contributed by atoms with Crippen LogP contribution in [-0.4, -0.2) is 33.0 Å². The molecule has 0 unspecified atom stereocenters. The van der Waals surface area contributed by atoms with Gasteiger partial charge in [-0.2, -0.15) is 0 Å². The van der Waals surface area contributed by atoms with Crippen LogP contribution in [0.25, 0.3) is 11.4 Å². The molecule has 0 spiro atoms. The number of ether oxygens (including phenoxy) is 1. The summed E-state index contributed by atoms with van der Waals surface area (Å²) in [4.78, 5) is 12.4. The van der Waals surface area contributed by atoms with E-state index >= 15 is 0 Å². The van der Waals surface area contributed by atoms with Crippen LogP contribution < -0.4 is 10.1 Å². The lowest BCUT2D eigenvalue weighted by Gasteiger charge is -2.10. The Kier molecular flexibility index (Phi) is 9.02. The Labute approximate surface area is 202 Å². The van der Waals surface area contributed by atoms with E-state index in [0.717, 1.165) is 24.2 Å². The Morgan fingerprint density at radius 1 is 1.19 bits per heavy atom. The molecular formula is C23H24Cl2N4O2S. The van der Waals surface area contributed by atoms with Crippen molar-refractivity contribution >= 4 is 46.6 Å². The first-order valence-corrected chi connectivity index (χ1v) is 11.9. The summed E-state index contributed by atoms with van der Waals surface area (Å²) in [6.45, 7) is 7.16. The highest BCUT2D eigenvalue weighted by Gasteiger charge is 2.16. The number of nitrogens with one attached hydrogen (secondary N) is 1. The van der Waals surface area contributed by atoms with Crippen LogP contribution in [0.15, 0.2) is 60.3 Å². The van der Waals surface area contributed by atoms with Crippen LogP contribution in [0.1, 0.15) is 19.8 Å². The summed E-state index contributed by atoms with van der Waals surface area (Å²) < 4.78 is 7.64. The van der Waals surface area contributed by atoms with Crippen LogP contribution >= 0.6 is 35.0 Å². The fraction of sp³-hybridized carbons (Fsp3) is 0.261. The molecule has 0 bridgehead atoms. The largest absolute Gasteiger partial charge is 0.494 e. The van der Waals surface area contributed by atoms with Gasteiger partial charge in [0.05, 0.1) is 28.1 Å². The summed E-state index contributed by atoms with van der Waals surface area (Å²) in [6.07, 6.45) is 3.88. The van der Waals surface area contributed by atoms with E-state index in [-0.39, 0.29) is 11.7 Å². The number of para-hydroxylation sites is 1. The highest BCUT2D eigenvalue weighted by Crippen LogP contribution is 2.30. The Balaban J connectivity index is 1.69. The maximum absolute atomic E-state index is 12.4. The number of thioether (sulfide) groups is 1. The Bertz CT molecular complexity index is 1050. The number of amides is 1. The second-order valence-electron chi connectivity index (χ2n) is 6.87. The van der Waals surface area contributed by atoms with Gasteiger partial charge in [-0.05, 0) is 42.8 Å². The number of nitrogens with zero attached hydrogens (tertiary/aromatic N) is 3. The lowest BCUT2D eigenvalue weighted by atomic mass is 10.2. The second kappa shape index (κ2) is 11.9. The van der Waals surface area contributed by atoms with E-state index in [2.05, 4.69) is 29.0 Å². The van der Waals surface area contributed by atoms with Crippen LogP contribution in [0.2, 0.25) is 10.0 Å². The number of unbranched alkanes of at least 4 members (excludes halogenated alkanes) is 1. The van der Waals surface area contributed by atoms with Gasteiger partial charge in [0.15, 0.2) is 11.0 Å². The van der Waals surface area contributed by atoms with Crippen LogP contribution in [0.4, 0.5) is 5.69 Å². The number of hydrogen-bond donors (Lipinski definition) is 1. The molecule has 0 saturated carbocycles. The SMILES string of the molecule is C=CCn1c(SCC(=O)Nc2c(Cl)cccc2Cl)nnc1-c1ccc(OCCCC)cc1. The van der Waals surface area contributed by atoms with Crippen molar-refractivity contribution in [2.75, 3.05) is 17.7 Å². The summed E-state index contributed by atoms with van der Waals surface area (Å²) in [6, 6.07) is 12.8. The standard InChI is InChI=1S/C23H24Cl2N4O2S/c1-3-5-14-31-17-11-9-16(10-12-17)22-27-28-23(29(22)13-4-2)32-15-20(30)26-21-18(24)7-6-8-19(21)25/h4,6-12H,2-3,5,13-15H2,1H3,(H,26,30). The van der Waals surface area contributed by atoms with E-state index in [0.29, 0.717) is 39.9 Å². The normalized spacial score (nSPS) is 10.7. The third-order valence-electron chi connectivity index (χ3n) is 4.47. The number of carbonyl (C=O) groups excluding carboxylic acids is 1. The minimum Gasteiger partial charge on any atom is -0.494 e. The summed E-state index contributed by atoms with van der Waals surface area (Å²) in [5.74, 6) is 1.40. The summed E-state index contributed by atoms with van der Waals surface area (Å²) in [7, 11) is 0. The van der Waals surface area contributed by atoms with E-state index in [1.165, 1.54) is 11.8 Å². The maximum atomic E-state index is 12.4. The molecule has 32 heavy (non-hydrogen) atoms. The van der Waals surface area contributed by atoms with Crippen molar-refractivity contribution < 1.29 is 9.53 Å². The molecule has 0 aliphatic rings. The minimum atomic E-state index is -0.242. The Morgan fingerprint density at radius 3 is 2.56 bits per heavy atom. The lowest BCUT2D eigenvalue weighted by molar-refractivity contribution is -0.113. The molecule has 0 saturated heterocycles. The average Bonchev–Trinajstić information content (AvgIpc) is 3.18. The van der Waals surface area contributed by atoms with Gasteiger partial charge in [0, 0.05) is 12.1 Å². The molecule has 0 aliphatic heterocycles. The molecule has 168 valence electrons. The molecular weight excluding hydrogens is 467 g/mol. The first-order chi connectivity index (χ1) is 15.5. The molecule has 0 fully saturated rings. The van der Waals surface area contributed by atoms with Gasteiger partial charge in [0.1, 0.15) is 5.75 Å². The quantitative estimate of drug-likeness (QED) is 0.192. The highest BCUT2D eigenvalue weighted by atomic mass is 35.5. The van der Waals surface area contributed by atoms with Crippen LogP contribution in [-0.2, 0) is 11.3 Å². The third kappa shape index (κ3) is 6.28. The van der Waals surface area contributed by atoms with Crippen molar-refractivity contribution in [2.24, 2.45) is 0 Å². The summed E-state index contributed by atoms with van der Waals surface area (Å²) >= 11 is 13.5. The molecule has 3 rings (SSSR count). The van der Waals surface area contributed by atoms with Crippen LogP contribution in [0.3, 0.4) is 0 Å². The lowest BCUT2D eigenvalue weighted by Crippen LogP contribution is -2.15. The monoisotopic (exact) mass is 490 g/mol. The zero-order valence-corrected chi connectivity index (χ0v) is 20.0. The van der Waals surface area contributed by atoms with Gasteiger partial charge in [0.2, 0.25) is 5.91 Å². The van der Waals surface area contributed by atoms with Crippen LogP contribution in [0, 0.1) is 0 Å². The van der Waals surface area contributed by atoms with E-state index in [9.17, 15) is 4.79 Å². The van der Waals surface area contributed by atoms with E-state index < -0.39 is 0 Å². The van der Waals surface area contributed by atoms with Gasteiger partial charge in [-0.25, -0.2) is 0 Å². The van der Waals surface area contributed by atoms with E-state index in [1.807, 2.05) is 28.8 Å². The predicted molar refractivity (Wildman–Crippen MR) is 132 cm³/mol. The first-order valence-electron chi connectivity index (χ1n) is 10.2. The highest BCUT2D eigenvalue weighted by molar-refractivity contribution is 7.99. The minimum absolute atomic E-state index is 0.126. The smallest absolute Gasteiger partial charge is 0.234 e. The fourth-order valence-electron chi connectivity index (χ4n) is 2.86. The number of halogens is 2. The van der Waals surface area contributed by atoms with Crippen molar-refractivity contribution in [2.45, 2.75) is 31.5 Å². The molecule has 1 aromatic heterocycles. The molecule has 0 radical (unpaired) electrons. The molecule has 1 heterocycles. The molecule has 9 heteroatoms. The van der Waals surface area contributed by atoms with Crippen molar-refractivity contribution in [3.05, 3.63) is 65.2 Å². The molecule has 3 aromatic rings. The molecule has 1 N–H and O–H groups in total. The van der Waals surface area contributed by atoms with Gasteiger partial charge in [-0.1, -0.05) is 60.5 Å². The van der Waals surface area contributed by atoms with Gasteiger partial charge in [0.25, 0.3) is 0 Å². The van der Waals surface area contributed by atoms with Crippen molar-refractivity contribution in [1.29, 1.82) is 0 Å². The number of benzene rings is 2. The zero-order valence-electron chi connectivity index (χ0n) is 17.7. The number of allylic oxidation sites excluding steroid dienone is 1. The van der Waals surface area contributed by atoms with Crippen molar-refractivity contribution in [3.63, 3.8) is 0 Å². The summed E-state index contributed by atoms with van der Waals surface area (Å²) in [5, 5.41) is 12.7. The number of rotatable bonds is 11. The predicted octanol–water partition coefficient (Wildman–Crippen LogP) is 6.35. The number of hydrogen-bond acceptors (Lipinski definition) is 5.